The van der Waals surface area contributed by atoms with E-state index in [9.17, 15) is 5.26 Å². The molecule has 0 spiro atoms. The van der Waals surface area contributed by atoms with Gasteiger partial charge in [-0.1, -0.05) is 24.5 Å². The number of nitrogens with zero attached hydrogens (tertiary/aromatic N) is 6. The average molecular weight is 459 g/mol. The summed E-state index contributed by atoms with van der Waals surface area (Å²) in [5.74, 6) is 0. The second-order valence-electron chi connectivity index (χ2n) is 9.76. The molecule has 8 heteroatoms. The summed E-state index contributed by atoms with van der Waals surface area (Å²) in [6.07, 6.45) is 13.5. The van der Waals surface area contributed by atoms with Crippen LogP contribution in [0.5, 0.6) is 0 Å². The number of aromatic nitrogens is 4. The van der Waals surface area contributed by atoms with Gasteiger partial charge >= 0.3 is 0 Å². The van der Waals surface area contributed by atoms with E-state index in [1.54, 1.807) is 6.20 Å². The van der Waals surface area contributed by atoms with Crippen LogP contribution in [0.15, 0.2) is 30.6 Å². The lowest BCUT2D eigenvalue weighted by Crippen LogP contribution is -2.26. The normalized spacial score (nSPS) is 19.4. The number of anilines is 2. The molecule has 3 heterocycles. The van der Waals surface area contributed by atoms with E-state index in [0.29, 0.717) is 24.2 Å². The van der Waals surface area contributed by atoms with Crippen LogP contribution in [-0.2, 0) is 13.1 Å². The molecular formula is C26H34N8. The Balaban J connectivity index is 1.26. The Kier molecular flexibility index (Phi) is 6.91. The predicted octanol–water partition coefficient (Wildman–Crippen LogP) is 4.54. The monoisotopic (exact) mass is 458 g/mol. The molecule has 0 radical (unpaired) electrons. The Labute approximate surface area is 201 Å². The zero-order valence-corrected chi connectivity index (χ0v) is 20.0. The first kappa shape index (κ1) is 22.6. The van der Waals surface area contributed by atoms with Crippen molar-refractivity contribution in [1.82, 2.24) is 24.9 Å². The summed E-state index contributed by atoms with van der Waals surface area (Å²) >= 11 is 0. The topological polar surface area (TPSA) is 94.7 Å². The molecule has 1 saturated heterocycles. The molecule has 5 rings (SSSR count). The van der Waals surface area contributed by atoms with Crippen LogP contribution in [0.25, 0.3) is 10.9 Å². The number of rotatable bonds is 8. The Morgan fingerprint density at radius 1 is 1.15 bits per heavy atom. The highest BCUT2D eigenvalue weighted by atomic mass is 15.4. The fourth-order valence-corrected chi connectivity index (χ4v) is 5.34. The van der Waals surface area contributed by atoms with Crippen LogP contribution in [0, 0.1) is 11.3 Å². The lowest BCUT2D eigenvalue weighted by molar-refractivity contribution is 0.282. The summed E-state index contributed by atoms with van der Waals surface area (Å²) in [6, 6.07) is 9.54. The van der Waals surface area contributed by atoms with Crippen LogP contribution in [-0.4, -0.2) is 50.6 Å². The summed E-state index contributed by atoms with van der Waals surface area (Å²) in [5, 5.41) is 26.5. The number of aryl methyl sites for hydroxylation is 1. The average Bonchev–Trinajstić information content (AvgIpc) is 3.50. The highest BCUT2D eigenvalue weighted by Gasteiger charge is 2.20. The molecule has 1 aliphatic carbocycles. The molecule has 8 nitrogen and oxygen atoms in total. The molecule has 1 saturated carbocycles. The van der Waals surface area contributed by atoms with E-state index < -0.39 is 0 Å². The van der Waals surface area contributed by atoms with Crippen molar-refractivity contribution in [3.8, 4) is 6.07 Å². The molecule has 178 valence electrons. The van der Waals surface area contributed by atoms with Gasteiger partial charge in [0.25, 0.3) is 0 Å². The number of nitriles is 1. The van der Waals surface area contributed by atoms with Crippen molar-refractivity contribution in [3.05, 3.63) is 41.9 Å². The fourth-order valence-electron chi connectivity index (χ4n) is 5.34. The lowest BCUT2D eigenvalue weighted by Gasteiger charge is -2.25. The van der Waals surface area contributed by atoms with Crippen LogP contribution in [0.4, 0.5) is 11.4 Å². The molecular weight excluding hydrogens is 424 g/mol. The first-order valence-electron chi connectivity index (χ1n) is 12.6. The zero-order chi connectivity index (χ0) is 23.3. The van der Waals surface area contributed by atoms with Crippen molar-refractivity contribution in [3.63, 3.8) is 0 Å². The number of nitrogens with one attached hydrogen (secondary N) is 2. The van der Waals surface area contributed by atoms with Gasteiger partial charge in [0.2, 0.25) is 0 Å². The molecule has 1 unspecified atom stereocenters. The fraction of sp³-hybridized carbons (Fsp3) is 0.538. The lowest BCUT2D eigenvalue weighted by atomic mass is 9.95. The van der Waals surface area contributed by atoms with Crippen LogP contribution in [0.1, 0.15) is 62.6 Å². The Bertz CT molecular complexity index is 1160. The maximum atomic E-state index is 9.69. The highest BCUT2D eigenvalue weighted by molar-refractivity contribution is 5.96. The quantitative estimate of drug-likeness (QED) is 0.512. The molecule has 1 atom stereocenters. The Morgan fingerprint density at radius 3 is 2.82 bits per heavy atom. The number of hydrogen-bond donors (Lipinski definition) is 2. The zero-order valence-electron chi connectivity index (χ0n) is 20.0. The van der Waals surface area contributed by atoms with Gasteiger partial charge in [-0.3, -0.25) is 9.67 Å². The molecule has 0 bridgehead atoms. The second kappa shape index (κ2) is 10.4. The van der Waals surface area contributed by atoms with Gasteiger partial charge in [-0.05, 0) is 63.9 Å². The van der Waals surface area contributed by atoms with E-state index in [0.717, 1.165) is 53.8 Å². The third-order valence-corrected chi connectivity index (χ3v) is 7.36. The van der Waals surface area contributed by atoms with Gasteiger partial charge in [-0.2, -0.15) is 5.26 Å². The molecule has 2 fully saturated rings. The van der Waals surface area contributed by atoms with Crippen molar-refractivity contribution in [2.45, 2.75) is 76.5 Å². The van der Waals surface area contributed by atoms with Gasteiger partial charge in [0.1, 0.15) is 11.8 Å². The number of hydrogen-bond acceptors (Lipinski definition) is 7. The summed E-state index contributed by atoms with van der Waals surface area (Å²) in [7, 11) is 2.21. The molecule has 3 aromatic rings. The van der Waals surface area contributed by atoms with Gasteiger partial charge in [-0.25, -0.2) is 0 Å². The minimum Gasteiger partial charge on any atom is -0.381 e. The van der Waals surface area contributed by atoms with Crippen molar-refractivity contribution < 1.29 is 0 Å². The van der Waals surface area contributed by atoms with Crippen LogP contribution < -0.4 is 10.6 Å². The maximum absolute atomic E-state index is 9.69. The smallest absolute Gasteiger partial charge is 0.103 e. The summed E-state index contributed by atoms with van der Waals surface area (Å²) in [5.41, 5.74) is 4.31. The molecule has 2 aliphatic rings. The predicted molar refractivity (Wildman–Crippen MR) is 135 cm³/mol. The van der Waals surface area contributed by atoms with Crippen LogP contribution >= 0.6 is 0 Å². The first-order chi connectivity index (χ1) is 16.7. The van der Waals surface area contributed by atoms with Gasteiger partial charge in [0, 0.05) is 35.9 Å². The van der Waals surface area contributed by atoms with Gasteiger partial charge in [0.05, 0.1) is 29.5 Å². The van der Waals surface area contributed by atoms with Crippen molar-refractivity contribution in [2.75, 3.05) is 24.2 Å². The largest absolute Gasteiger partial charge is 0.381 e. The number of benzene rings is 1. The van der Waals surface area contributed by atoms with Crippen molar-refractivity contribution in [1.29, 1.82) is 5.26 Å². The van der Waals surface area contributed by atoms with Crippen LogP contribution in [0.2, 0.25) is 0 Å². The third kappa shape index (κ3) is 5.15. The third-order valence-electron chi connectivity index (χ3n) is 7.36. The van der Waals surface area contributed by atoms with Crippen molar-refractivity contribution in [2.24, 2.45) is 0 Å². The van der Waals surface area contributed by atoms with Gasteiger partial charge in [0.15, 0.2) is 0 Å². The van der Waals surface area contributed by atoms with Gasteiger partial charge in [-0.15, -0.1) is 5.10 Å². The van der Waals surface area contributed by atoms with E-state index in [2.05, 4.69) is 50.0 Å². The SMILES string of the molecule is CN1CCCC1CCn1cc(CNc2ccc3ncc(C#N)c(NC4CCCCC4)c3c2)nn1. The highest BCUT2D eigenvalue weighted by Crippen LogP contribution is 2.31. The molecule has 1 aromatic carbocycles. The minimum atomic E-state index is 0.419. The summed E-state index contributed by atoms with van der Waals surface area (Å²) in [4.78, 5) is 6.95. The Hall–Kier alpha value is -3.18. The van der Waals surface area contributed by atoms with Gasteiger partial charge < -0.3 is 15.5 Å². The molecule has 0 amide bonds. The van der Waals surface area contributed by atoms with E-state index in [4.69, 9.17) is 0 Å². The molecule has 2 aromatic heterocycles. The van der Waals surface area contributed by atoms with Crippen LogP contribution in [0.3, 0.4) is 0 Å². The summed E-state index contributed by atoms with van der Waals surface area (Å²) < 4.78 is 1.96. The van der Waals surface area contributed by atoms with E-state index in [1.165, 1.54) is 38.6 Å². The Morgan fingerprint density at radius 2 is 2.03 bits per heavy atom. The maximum Gasteiger partial charge on any atom is 0.103 e. The second-order valence-corrected chi connectivity index (χ2v) is 9.76. The van der Waals surface area contributed by atoms with E-state index in [1.807, 2.05) is 23.0 Å². The number of pyridine rings is 1. The van der Waals surface area contributed by atoms with E-state index >= 15 is 0 Å². The summed E-state index contributed by atoms with van der Waals surface area (Å²) in [6.45, 7) is 2.70. The molecule has 1 aliphatic heterocycles. The van der Waals surface area contributed by atoms with Crippen molar-refractivity contribution >= 4 is 22.3 Å². The first-order valence-corrected chi connectivity index (χ1v) is 12.6. The number of fused-ring (bicyclic) bond motifs is 1. The number of likely N-dealkylation sites (tertiary alicyclic amines) is 1. The standard InChI is InChI=1S/C26H34N8/c1-33-12-5-8-23(33)11-13-34-18-22(31-32-34)17-28-21-9-10-25-24(14-21)26(19(15-27)16-29-25)30-20-6-3-2-4-7-20/h9-10,14,16,18,20,23,28H,2-8,11-13,17H2,1H3,(H,29,30). The molecule has 2 N–H and O–H groups in total. The molecule has 34 heavy (non-hydrogen) atoms. The van der Waals surface area contributed by atoms with E-state index in [-0.39, 0.29) is 0 Å². The minimum absolute atomic E-state index is 0.419.